The molecule has 0 unspecified atom stereocenters. The van der Waals surface area contributed by atoms with E-state index in [2.05, 4.69) is 149 Å². The molecule has 0 saturated heterocycles. The number of fused-ring (bicyclic) bond motifs is 13. The molecule has 0 bridgehead atoms. The minimum Gasteiger partial charge on any atom is -0.310 e. The van der Waals surface area contributed by atoms with Gasteiger partial charge in [0.2, 0.25) is 0 Å². The third-order valence-corrected chi connectivity index (χ3v) is 18.4. The van der Waals surface area contributed by atoms with Crippen molar-refractivity contribution in [2.45, 2.75) is 45.9 Å². The number of anilines is 6. The topological polar surface area (TPSA) is 68.8 Å². The molecule has 12 aromatic carbocycles. The molecule has 0 aliphatic carbocycles. The largest absolute Gasteiger partial charge is 0.310 e. The molecule has 0 spiro atoms. The first-order valence-electron chi connectivity index (χ1n) is 34.4. The zero-order valence-corrected chi connectivity index (χ0v) is 49.3. The Morgan fingerprint density at radius 2 is 0.899 bits per heavy atom. The maximum absolute atomic E-state index is 12.1. The van der Waals surface area contributed by atoms with Crippen LogP contribution in [0.15, 0.2) is 255 Å². The van der Waals surface area contributed by atoms with Gasteiger partial charge in [0.25, 0.3) is 6.71 Å². The second kappa shape index (κ2) is 19.6. The van der Waals surface area contributed by atoms with Crippen LogP contribution in [0.1, 0.15) is 75.1 Å². The van der Waals surface area contributed by atoms with Crippen LogP contribution in [0.3, 0.4) is 0 Å². The number of nitrogens with zero attached hydrogens (tertiary/aromatic N) is 7. The fourth-order valence-electron chi connectivity index (χ4n) is 14.3. The van der Waals surface area contributed by atoms with Crippen LogP contribution in [-0.2, 0) is 5.41 Å². The van der Waals surface area contributed by atoms with Crippen LogP contribution in [0.5, 0.6) is 0 Å². The Hall–Kier alpha value is -11.3. The summed E-state index contributed by atoms with van der Waals surface area (Å²) in [5, 5.41) is 27.8. The van der Waals surface area contributed by atoms with Crippen molar-refractivity contribution >= 4 is 123 Å². The van der Waals surface area contributed by atoms with Gasteiger partial charge >= 0.3 is 0 Å². The molecule has 0 fully saturated rings. The van der Waals surface area contributed by atoms with E-state index in [0.717, 1.165) is 88.1 Å². The summed E-state index contributed by atoms with van der Waals surface area (Å²) in [6.07, 6.45) is 0. The Morgan fingerprint density at radius 1 is 0.416 bits per heavy atom. The van der Waals surface area contributed by atoms with E-state index in [9.17, 15) is 17.4 Å². The number of hydrogen-bond donors (Lipinski definition) is 0. The monoisotopic (exact) mass is 1150 g/mol. The molecule has 3 aromatic heterocycles. The van der Waals surface area contributed by atoms with E-state index in [1.54, 1.807) is 0 Å². The lowest BCUT2D eigenvalue weighted by Gasteiger charge is -2.45. The van der Waals surface area contributed by atoms with E-state index < -0.39 is 60.9 Å². The lowest BCUT2D eigenvalue weighted by molar-refractivity contribution is 0.590. The van der Waals surface area contributed by atoms with Gasteiger partial charge in [-0.15, -0.1) is 0 Å². The Morgan fingerprint density at radius 3 is 1.47 bits per heavy atom. The maximum atomic E-state index is 12.1. The Kier molecular flexibility index (Phi) is 9.54. The fraction of sp³-hybridized carbons (Fsp3) is 0.0864. The highest BCUT2D eigenvalue weighted by atomic mass is 15.2. The second-order valence-electron chi connectivity index (χ2n) is 24.5. The molecular formula is C81H58BN7. The molecule has 420 valence electrons. The minimum absolute atomic E-state index is 0.0366. The quantitative estimate of drug-likeness (QED) is 0.149. The average Bonchev–Trinajstić information content (AvgIpc) is 0.778. The Bertz CT molecular complexity index is 5970. The highest BCUT2D eigenvalue weighted by molar-refractivity contribution is 7.00. The first-order valence-corrected chi connectivity index (χ1v) is 29.9. The van der Waals surface area contributed by atoms with E-state index in [4.69, 9.17) is 5.48 Å². The standard InChI is InChI=1S/C81H58BN7/c1-50(2)54-44-78-80-79(45-54)89(75-46-56(38-36-53(75)48-83)85-67-28-12-6-22-58(67)59-23-7-13-29-68(59)85)77-47-57(86-69-30-14-8-24-60(69)61-25-9-15-31-70(61)86)39-41-66(77)82(80)65-40-37-52(51-20-18-21-55(42-51)81(3,4)5)43-76(65)88(78)74-35-19-34-73(64(74)49-84)87-71-32-16-10-26-62(71)63-27-11-17-33-72(63)87/h6-47,50H,1-5H3/i8D,9D,14D,15D,24D,25D,30D,31D,50D. The van der Waals surface area contributed by atoms with Crippen LogP contribution in [0.25, 0.3) is 93.6 Å². The van der Waals surface area contributed by atoms with Gasteiger partial charge in [-0.25, -0.2) is 0 Å². The summed E-state index contributed by atoms with van der Waals surface area (Å²) < 4.78 is 90.0. The van der Waals surface area contributed by atoms with Crippen LogP contribution >= 0.6 is 0 Å². The lowest BCUT2D eigenvalue weighted by atomic mass is 9.33. The molecule has 0 saturated carbocycles. The van der Waals surface area contributed by atoms with Crippen molar-refractivity contribution in [2.24, 2.45) is 0 Å². The third-order valence-electron chi connectivity index (χ3n) is 18.4. The van der Waals surface area contributed by atoms with E-state index in [0.29, 0.717) is 56.5 Å². The summed E-state index contributed by atoms with van der Waals surface area (Å²) in [7, 11) is 0. The van der Waals surface area contributed by atoms with Crippen molar-refractivity contribution in [1.82, 2.24) is 13.7 Å². The van der Waals surface area contributed by atoms with Crippen LogP contribution in [0.4, 0.5) is 34.1 Å². The van der Waals surface area contributed by atoms with Crippen LogP contribution in [0.2, 0.25) is 0 Å². The van der Waals surface area contributed by atoms with Gasteiger partial charge in [0.15, 0.2) is 0 Å². The number of rotatable bonds is 7. The van der Waals surface area contributed by atoms with E-state index in [-0.39, 0.29) is 27.2 Å². The van der Waals surface area contributed by atoms with E-state index >= 15 is 0 Å². The van der Waals surface area contributed by atoms with Crippen molar-refractivity contribution in [3.8, 4) is 40.3 Å². The van der Waals surface area contributed by atoms with Gasteiger partial charge in [-0.3, -0.25) is 0 Å². The Balaban J connectivity index is 1.02. The summed E-state index contributed by atoms with van der Waals surface area (Å²) in [4.78, 5) is 4.26. The van der Waals surface area contributed by atoms with Crippen molar-refractivity contribution in [1.29, 1.82) is 10.5 Å². The summed E-state index contributed by atoms with van der Waals surface area (Å²) in [5.74, 6) is -1.28. The predicted molar refractivity (Wildman–Crippen MR) is 371 cm³/mol. The number of hydrogen-bond acceptors (Lipinski definition) is 4. The molecule has 7 nitrogen and oxygen atoms in total. The van der Waals surface area contributed by atoms with Crippen molar-refractivity contribution in [3.63, 3.8) is 0 Å². The summed E-state index contributed by atoms with van der Waals surface area (Å²) in [6, 6.07) is 71.0. The van der Waals surface area contributed by atoms with Gasteiger partial charge in [-0.1, -0.05) is 192 Å². The van der Waals surface area contributed by atoms with Crippen LogP contribution in [-0.4, -0.2) is 20.4 Å². The van der Waals surface area contributed by atoms with Gasteiger partial charge in [0, 0.05) is 67.8 Å². The molecule has 0 radical (unpaired) electrons. The molecule has 0 amide bonds. The number of aromatic nitrogens is 3. The maximum Gasteiger partial charge on any atom is 0.252 e. The molecule has 5 heterocycles. The molecule has 15 aromatic rings. The van der Waals surface area contributed by atoms with Crippen LogP contribution in [0, 0.1) is 22.7 Å². The molecule has 0 atom stereocenters. The van der Waals surface area contributed by atoms with E-state index in [1.165, 1.54) is 4.57 Å². The Labute approximate surface area is 529 Å². The zero-order chi connectivity index (χ0) is 67.9. The van der Waals surface area contributed by atoms with Gasteiger partial charge in [0.1, 0.15) is 17.7 Å². The van der Waals surface area contributed by atoms with Crippen molar-refractivity contribution in [3.05, 3.63) is 277 Å². The minimum atomic E-state index is -1.28. The van der Waals surface area contributed by atoms with Crippen molar-refractivity contribution < 1.29 is 12.3 Å². The SMILES string of the molecule is [2H]c1c([2H])c([2H])c2c(c1[2H])c1c([2H])c([2H])c([2H])c([2H])c1n2-c1ccc2c(c1)N(c1cc(-n3c4ccccc4c4ccccc43)ccc1C#N)c1cc(C([2H])(C)C)cc3c1B2c1ccc(-c2cccc(C(C)(C)C)c2)cc1N3c1cccc(-n2c3ccccc3c3ccccc32)c1C#N. The molecule has 17 rings (SSSR count). The first-order chi connectivity index (χ1) is 47.2. The van der Waals surface area contributed by atoms with Gasteiger partial charge in [-0.05, 0) is 147 Å². The highest BCUT2D eigenvalue weighted by Gasteiger charge is 2.45. The normalized spacial score (nSPS) is 14.3. The fourth-order valence-corrected chi connectivity index (χ4v) is 14.3. The second-order valence-corrected chi connectivity index (χ2v) is 24.5. The first kappa shape index (κ1) is 43.3. The van der Waals surface area contributed by atoms with Gasteiger partial charge < -0.3 is 23.5 Å². The summed E-state index contributed by atoms with van der Waals surface area (Å²) >= 11 is 0. The molecule has 0 N–H and O–H groups in total. The summed E-state index contributed by atoms with van der Waals surface area (Å²) in [5.41, 5.74) is 15.7. The van der Waals surface area contributed by atoms with Gasteiger partial charge in [0.05, 0.1) is 66.7 Å². The predicted octanol–water partition coefficient (Wildman–Crippen LogP) is 18.9. The highest BCUT2D eigenvalue weighted by Crippen LogP contribution is 2.50. The molecule has 2 aliphatic heterocycles. The van der Waals surface area contributed by atoms with Gasteiger partial charge in [-0.2, -0.15) is 10.5 Å². The zero-order valence-electron chi connectivity index (χ0n) is 58.3. The van der Waals surface area contributed by atoms with E-state index in [1.807, 2.05) is 123 Å². The summed E-state index contributed by atoms with van der Waals surface area (Å²) in [6.45, 7) is 9.66. The lowest BCUT2D eigenvalue weighted by Crippen LogP contribution is -2.61. The van der Waals surface area contributed by atoms with Crippen LogP contribution < -0.4 is 26.2 Å². The number of nitriles is 2. The molecule has 8 heteroatoms. The molecule has 2 aliphatic rings. The number of benzene rings is 12. The average molecular weight is 1150 g/mol. The van der Waals surface area contributed by atoms with Crippen molar-refractivity contribution in [2.75, 3.05) is 9.80 Å². The third kappa shape index (κ3) is 7.70. The number of para-hydroxylation sites is 6. The molecule has 89 heavy (non-hydrogen) atoms. The smallest absolute Gasteiger partial charge is 0.252 e. The molecular weight excluding hydrogens is 1080 g/mol.